The highest BCUT2D eigenvalue weighted by Gasteiger charge is 2.25. The van der Waals surface area contributed by atoms with Gasteiger partial charge < -0.3 is 5.11 Å². The lowest BCUT2D eigenvalue weighted by molar-refractivity contribution is 0.0543. The Labute approximate surface area is 101 Å². The van der Waals surface area contributed by atoms with Crippen LogP contribution in [0.2, 0.25) is 0 Å². The molecule has 0 aromatic heterocycles. The van der Waals surface area contributed by atoms with E-state index >= 15 is 0 Å². The SMILES string of the molecule is CCN(Cc1ccc(F)cc1F)C(C)(C)CO. The number of nitrogens with zero attached hydrogens (tertiary/aromatic N) is 1. The van der Waals surface area contributed by atoms with Crippen molar-refractivity contribution in [2.24, 2.45) is 0 Å². The Morgan fingerprint density at radius 1 is 1.29 bits per heavy atom. The topological polar surface area (TPSA) is 23.5 Å². The minimum absolute atomic E-state index is 0.0103. The van der Waals surface area contributed by atoms with Crippen LogP contribution in [-0.4, -0.2) is 28.7 Å². The van der Waals surface area contributed by atoms with Crippen LogP contribution in [0, 0.1) is 11.6 Å². The van der Waals surface area contributed by atoms with Gasteiger partial charge in [-0.2, -0.15) is 0 Å². The molecule has 0 radical (unpaired) electrons. The van der Waals surface area contributed by atoms with E-state index in [2.05, 4.69) is 0 Å². The number of hydrogen-bond acceptors (Lipinski definition) is 2. The normalized spacial score (nSPS) is 12.2. The zero-order valence-electron chi connectivity index (χ0n) is 10.5. The Morgan fingerprint density at radius 2 is 1.94 bits per heavy atom. The largest absolute Gasteiger partial charge is 0.394 e. The Balaban J connectivity index is 2.88. The molecule has 0 fully saturated rings. The molecule has 0 aliphatic rings. The van der Waals surface area contributed by atoms with E-state index in [9.17, 15) is 13.9 Å². The van der Waals surface area contributed by atoms with Gasteiger partial charge in [0.05, 0.1) is 6.61 Å². The summed E-state index contributed by atoms with van der Waals surface area (Å²) in [4.78, 5) is 1.95. The minimum Gasteiger partial charge on any atom is -0.394 e. The molecule has 1 aromatic carbocycles. The summed E-state index contributed by atoms with van der Waals surface area (Å²) >= 11 is 0. The predicted octanol–water partition coefficient (Wildman–Crippen LogP) is 2.56. The third-order valence-electron chi connectivity index (χ3n) is 3.00. The van der Waals surface area contributed by atoms with Gasteiger partial charge >= 0.3 is 0 Å². The van der Waals surface area contributed by atoms with Gasteiger partial charge in [0.15, 0.2) is 0 Å². The molecule has 0 aliphatic heterocycles. The van der Waals surface area contributed by atoms with Crippen molar-refractivity contribution >= 4 is 0 Å². The van der Waals surface area contributed by atoms with Crippen molar-refractivity contribution < 1.29 is 13.9 Å². The van der Waals surface area contributed by atoms with Crippen molar-refractivity contribution in [3.63, 3.8) is 0 Å². The average molecular weight is 243 g/mol. The maximum Gasteiger partial charge on any atom is 0.130 e. The third kappa shape index (κ3) is 3.48. The smallest absolute Gasteiger partial charge is 0.130 e. The Bertz CT molecular complexity index is 380. The van der Waals surface area contributed by atoms with Crippen LogP contribution < -0.4 is 0 Å². The van der Waals surface area contributed by atoms with Crippen LogP contribution in [0.5, 0.6) is 0 Å². The number of halogens is 2. The first-order valence-corrected chi connectivity index (χ1v) is 5.70. The van der Waals surface area contributed by atoms with Gasteiger partial charge in [-0.05, 0) is 26.5 Å². The average Bonchev–Trinajstić information content (AvgIpc) is 2.27. The van der Waals surface area contributed by atoms with Gasteiger partial charge in [0.1, 0.15) is 11.6 Å². The van der Waals surface area contributed by atoms with Gasteiger partial charge in [0.25, 0.3) is 0 Å². The van der Waals surface area contributed by atoms with E-state index in [0.717, 1.165) is 6.07 Å². The van der Waals surface area contributed by atoms with Crippen LogP contribution >= 0.6 is 0 Å². The molecule has 0 heterocycles. The van der Waals surface area contributed by atoms with Gasteiger partial charge in [-0.1, -0.05) is 13.0 Å². The Hall–Kier alpha value is -1.00. The Kier molecular flexibility index (Phi) is 4.60. The first-order valence-electron chi connectivity index (χ1n) is 5.70. The number of benzene rings is 1. The number of aliphatic hydroxyl groups excluding tert-OH is 1. The molecule has 0 amide bonds. The van der Waals surface area contributed by atoms with Crippen molar-refractivity contribution in [2.75, 3.05) is 13.2 Å². The standard InChI is InChI=1S/C13H19F2NO/c1-4-16(13(2,3)9-17)8-10-5-6-11(14)7-12(10)15/h5-7,17H,4,8-9H2,1-3H3. The van der Waals surface area contributed by atoms with Crippen molar-refractivity contribution in [3.05, 3.63) is 35.4 Å². The lowest BCUT2D eigenvalue weighted by Gasteiger charge is -2.36. The van der Waals surface area contributed by atoms with Crippen LogP contribution in [-0.2, 0) is 6.54 Å². The summed E-state index contributed by atoms with van der Waals surface area (Å²) < 4.78 is 26.3. The minimum atomic E-state index is -0.573. The van der Waals surface area contributed by atoms with Crippen molar-refractivity contribution in [1.29, 1.82) is 0 Å². The molecule has 0 aliphatic carbocycles. The Morgan fingerprint density at radius 3 is 2.41 bits per heavy atom. The molecule has 96 valence electrons. The highest BCUT2D eigenvalue weighted by atomic mass is 19.1. The quantitative estimate of drug-likeness (QED) is 0.859. The zero-order chi connectivity index (χ0) is 13.1. The number of aliphatic hydroxyl groups is 1. The number of likely N-dealkylation sites (N-methyl/N-ethyl adjacent to an activating group) is 1. The fourth-order valence-corrected chi connectivity index (χ4v) is 1.71. The van der Waals surface area contributed by atoms with E-state index in [4.69, 9.17) is 0 Å². The van der Waals surface area contributed by atoms with Crippen LogP contribution in [0.4, 0.5) is 8.78 Å². The second-order valence-corrected chi connectivity index (χ2v) is 4.72. The first-order chi connectivity index (χ1) is 7.90. The van der Waals surface area contributed by atoms with Crippen molar-refractivity contribution in [2.45, 2.75) is 32.9 Å². The van der Waals surface area contributed by atoms with Crippen LogP contribution in [0.3, 0.4) is 0 Å². The summed E-state index contributed by atoms with van der Waals surface area (Å²) in [6.45, 7) is 6.75. The van der Waals surface area contributed by atoms with Gasteiger partial charge in [0.2, 0.25) is 0 Å². The number of hydrogen-bond donors (Lipinski definition) is 1. The monoisotopic (exact) mass is 243 g/mol. The molecule has 1 N–H and O–H groups in total. The van der Waals surface area contributed by atoms with Gasteiger partial charge in [-0.25, -0.2) is 8.78 Å². The van der Waals surface area contributed by atoms with Gasteiger partial charge in [0, 0.05) is 23.7 Å². The van der Waals surface area contributed by atoms with Gasteiger partial charge in [-0.3, -0.25) is 4.90 Å². The lowest BCUT2D eigenvalue weighted by Crippen LogP contribution is -2.46. The fourth-order valence-electron chi connectivity index (χ4n) is 1.71. The number of rotatable bonds is 5. The molecule has 2 nitrogen and oxygen atoms in total. The van der Waals surface area contributed by atoms with Crippen LogP contribution in [0.1, 0.15) is 26.3 Å². The second kappa shape index (κ2) is 5.56. The summed E-state index contributed by atoms with van der Waals surface area (Å²) in [5.74, 6) is -1.12. The molecule has 0 bridgehead atoms. The molecule has 17 heavy (non-hydrogen) atoms. The first kappa shape index (κ1) is 14.1. The molecular formula is C13H19F2NO. The maximum atomic E-state index is 13.5. The van der Waals surface area contributed by atoms with Crippen molar-refractivity contribution in [3.8, 4) is 0 Å². The van der Waals surface area contributed by atoms with E-state index in [0.29, 0.717) is 18.7 Å². The summed E-state index contributed by atoms with van der Waals surface area (Å²) in [6, 6.07) is 3.58. The zero-order valence-corrected chi connectivity index (χ0v) is 10.5. The van der Waals surface area contributed by atoms with E-state index in [-0.39, 0.29) is 6.61 Å². The summed E-state index contributed by atoms with van der Waals surface area (Å²) in [6.07, 6.45) is 0. The summed E-state index contributed by atoms with van der Waals surface area (Å²) in [5, 5.41) is 9.29. The third-order valence-corrected chi connectivity index (χ3v) is 3.00. The van der Waals surface area contributed by atoms with E-state index < -0.39 is 17.2 Å². The molecule has 1 rings (SSSR count). The highest BCUT2D eigenvalue weighted by Crippen LogP contribution is 2.19. The lowest BCUT2D eigenvalue weighted by atomic mass is 10.0. The molecule has 1 aromatic rings. The molecule has 0 unspecified atom stereocenters. The molecule has 0 saturated carbocycles. The van der Waals surface area contributed by atoms with E-state index in [1.54, 1.807) is 0 Å². The van der Waals surface area contributed by atoms with Gasteiger partial charge in [-0.15, -0.1) is 0 Å². The highest BCUT2D eigenvalue weighted by molar-refractivity contribution is 5.18. The van der Waals surface area contributed by atoms with Crippen LogP contribution in [0.15, 0.2) is 18.2 Å². The molecular weight excluding hydrogens is 224 g/mol. The summed E-state index contributed by atoms with van der Waals surface area (Å²) in [5.41, 5.74) is 0.0186. The molecule has 0 saturated heterocycles. The van der Waals surface area contributed by atoms with E-state index in [1.165, 1.54) is 12.1 Å². The maximum absolute atomic E-state index is 13.5. The van der Waals surface area contributed by atoms with Crippen molar-refractivity contribution in [1.82, 2.24) is 4.90 Å². The molecule has 4 heteroatoms. The fraction of sp³-hybridized carbons (Fsp3) is 0.538. The molecule has 0 spiro atoms. The second-order valence-electron chi connectivity index (χ2n) is 4.72. The molecule has 0 atom stereocenters. The summed E-state index contributed by atoms with van der Waals surface area (Å²) in [7, 11) is 0. The van der Waals surface area contributed by atoms with Crippen LogP contribution in [0.25, 0.3) is 0 Å². The van der Waals surface area contributed by atoms with E-state index in [1.807, 2.05) is 25.7 Å². The predicted molar refractivity (Wildman–Crippen MR) is 63.6 cm³/mol.